The summed E-state index contributed by atoms with van der Waals surface area (Å²) in [5.41, 5.74) is 5.82. The van der Waals surface area contributed by atoms with Crippen LogP contribution in [0.25, 0.3) is 16.9 Å². The predicted molar refractivity (Wildman–Crippen MR) is 115 cm³/mol. The molecule has 0 bridgehead atoms. The summed E-state index contributed by atoms with van der Waals surface area (Å²) in [6.45, 7) is 0. The van der Waals surface area contributed by atoms with Crippen LogP contribution in [0.3, 0.4) is 0 Å². The van der Waals surface area contributed by atoms with E-state index in [4.69, 9.17) is 11.6 Å². The molecule has 7 heteroatoms. The first-order valence-corrected chi connectivity index (χ1v) is 9.48. The largest absolute Gasteiger partial charge is 0.271 e. The number of hydrazone groups is 1. The lowest BCUT2D eigenvalue weighted by Gasteiger charge is -2.01. The molecular weight excluding hydrogens is 403 g/mol. The third kappa shape index (κ3) is 4.45. The van der Waals surface area contributed by atoms with E-state index in [9.17, 15) is 9.18 Å². The summed E-state index contributed by atoms with van der Waals surface area (Å²) in [4.78, 5) is 12.2. The molecule has 0 unspecified atom stereocenters. The Labute approximate surface area is 177 Å². The molecule has 0 radical (unpaired) electrons. The molecule has 0 spiro atoms. The van der Waals surface area contributed by atoms with Gasteiger partial charge in [0.1, 0.15) is 11.5 Å². The van der Waals surface area contributed by atoms with Gasteiger partial charge >= 0.3 is 0 Å². The van der Waals surface area contributed by atoms with Crippen molar-refractivity contribution in [1.82, 2.24) is 15.2 Å². The second-order valence-electron chi connectivity index (χ2n) is 6.43. The zero-order chi connectivity index (χ0) is 20.9. The normalized spacial score (nSPS) is 11.0. The summed E-state index contributed by atoms with van der Waals surface area (Å²) in [7, 11) is 0. The third-order valence-corrected chi connectivity index (χ3v) is 4.61. The predicted octanol–water partition coefficient (Wildman–Crippen LogP) is 5.10. The van der Waals surface area contributed by atoms with Gasteiger partial charge in [-0.3, -0.25) is 4.79 Å². The van der Waals surface area contributed by atoms with Gasteiger partial charge in [-0.2, -0.15) is 10.2 Å². The van der Waals surface area contributed by atoms with Crippen molar-refractivity contribution in [2.45, 2.75) is 0 Å². The smallest absolute Gasteiger partial charge is 0.267 e. The lowest BCUT2D eigenvalue weighted by atomic mass is 10.1. The van der Waals surface area contributed by atoms with Crippen LogP contribution in [0, 0.1) is 5.82 Å². The van der Waals surface area contributed by atoms with Gasteiger partial charge in [0.15, 0.2) is 0 Å². The highest BCUT2D eigenvalue weighted by Gasteiger charge is 2.12. The Kier molecular flexibility index (Phi) is 5.68. The first kappa shape index (κ1) is 19.5. The average Bonchev–Trinajstić information content (AvgIpc) is 3.19. The number of nitrogens with one attached hydrogen (secondary N) is 1. The number of carbonyl (C=O) groups excluding carboxylic acids is 1. The highest BCUT2D eigenvalue weighted by atomic mass is 35.5. The van der Waals surface area contributed by atoms with Gasteiger partial charge in [0.25, 0.3) is 5.91 Å². The lowest BCUT2D eigenvalue weighted by molar-refractivity contribution is 0.0955. The molecule has 4 rings (SSSR count). The summed E-state index contributed by atoms with van der Waals surface area (Å²) in [5, 5.41) is 9.24. The van der Waals surface area contributed by atoms with Crippen molar-refractivity contribution in [2.75, 3.05) is 0 Å². The molecule has 4 aromatic rings. The maximum absolute atomic E-state index is 13.3. The number of aromatic nitrogens is 2. The van der Waals surface area contributed by atoms with Crippen LogP contribution in [-0.2, 0) is 0 Å². The lowest BCUT2D eigenvalue weighted by Crippen LogP contribution is -2.17. The topological polar surface area (TPSA) is 59.3 Å². The van der Waals surface area contributed by atoms with Crippen LogP contribution in [0.5, 0.6) is 0 Å². The van der Waals surface area contributed by atoms with Crippen molar-refractivity contribution in [3.05, 3.63) is 107 Å². The number of para-hydroxylation sites is 1. The molecule has 3 aromatic carbocycles. The van der Waals surface area contributed by atoms with Crippen LogP contribution in [-0.4, -0.2) is 21.9 Å². The van der Waals surface area contributed by atoms with E-state index in [0.29, 0.717) is 21.8 Å². The molecule has 0 saturated carbocycles. The molecule has 0 atom stereocenters. The second-order valence-corrected chi connectivity index (χ2v) is 6.86. The number of hydrogen-bond acceptors (Lipinski definition) is 3. The number of nitrogens with zero attached hydrogens (tertiary/aromatic N) is 3. The zero-order valence-corrected chi connectivity index (χ0v) is 16.4. The highest BCUT2D eigenvalue weighted by molar-refractivity contribution is 6.30. The van der Waals surface area contributed by atoms with Crippen LogP contribution in [0.15, 0.2) is 90.2 Å². The molecule has 0 aliphatic heterocycles. The Morgan fingerprint density at radius 1 is 1.00 bits per heavy atom. The first-order valence-electron chi connectivity index (χ1n) is 9.10. The number of halogens is 2. The fourth-order valence-electron chi connectivity index (χ4n) is 2.85. The molecule has 0 aliphatic carbocycles. The maximum Gasteiger partial charge on any atom is 0.271 e. The molecule has 148 valence electrons. The number of benzene rings is 3. The van der Waals surface area contributed by atoms with Gasteiger partial charge < -0.3 is 0 Å². The van der Waals surface area contributed by atoms with Gasteiger partial charge in [-0.05, 0) is 60.7 Å². The summed E-state index contributed by atoms with van der Waals surface area (Å²) >= 11 is 5.84. The van der Waals surface area contributed by atoms with E-state index in [1.54, 1.807) is 47.3 Å². The monoisotopic (exact) mass is 418 g/mol. The third-order valence-electron chi connectivity index (χ3n) is 4.36. The van der Waals surface area contributed by atoms with Crippen molar-refractivity contribution in [3.63, 3.8) is 0 Å². The van der Waals surface area contributed by atoms with Crippen molar-refractivity contribution in [2.24, 2.45) is 5.10 Å². The fourth-order valence-corrected chi connectivity index (χ4v) is 2.98. The fraction of sp³-hybridized carbons (Fsp3) is 0. The number of rotatable bonds is 5. The minimum Gasteiger partial charge on any atom is -0.267 e. The Bertz CT molecular complexity index is 1190. The van der Waals surface area contributed by atoms with E-state index in [1.165, 1.54) is 18.3 Å². The van der Waals surface area contributed by atoms with E-state index in [-0.39, 0.29) is 11.7 Å². The molecule has 0 fully saturated rings. The Morgan fingerprint density at radius 2 is 1.70 bits per heavy atom. The molecule has 30 heavy (non-hydrogen) atoms. The minimum atomic E-state index is -0.360. The Balaban J connectivity index is 1.63. The van der Waals surface area contributed by atoms with Gasteiger partial charge in [-0.15, -0.1) is 0 Å². The van der Waals surface area contributed by atoms with Gasteiger partial charge in [0.05, 0.1) is 11.9 Å². The standard InChI is InChI=1S/C23H16ClFN4O/c24-19-10-6-17(7-11-19)23(30)27-26-14-18-15-29(21-4-2-1-3-5-21)28-22(18)16-8-12-20(25)13-9-16/h1-15H,(H,27,30)/b26-14+. The average molecular weight is 419 g/mol. The van der Waals surface area contributed by atoms with Crippen molar-refractivity contribution in [1.29, 1.82) is 0 Å². The molecular formula is C23H16ClFN4O. The van der Waals surface area contributed by atoms with Crippen LogP contribution in [0.2, 0.25) is 5.02 Å². The first-order chi connectivity index (χ1) is 14.6. The highest BCUT2D eigenvalue weighted by Crippen LogP contribution is 2.23. The summed E-state index contributed by atoms with van der Waals surface area (Å²) in [6, 6.07) is 22.1. The SMILES string of the molecule is O=C(N/N=C/c1cn(-c2ccccc2)nc1-c1ccc(F)cc1)c1ccc(Cl)cc1. The van der Waals surface area contributed by atoms with Crippen LogP contribution in [0.1, 0.15) is 15.9 Å². The van der Waals surface area contributed by atoms with Crippen molar-refractivity contribution in [3.8, 4) is 16.9 Å². The van der Waals surface area contributed by atoms with Gasteiger partial charge in [0.2, 0.25) is 0 Å². The van der Waals surface area contributed by atoms with E-state index in [0.717, 1.165) is 11.3 Å². The molecule has 5 nitrogen and oxygen atoms in total. The zero-order valence-electron chi connectivity index (χ0n) is 15.7. The molecule has 1 heterocycles. The summed E-state index contributed by atoms with van der Waals surface area (Å²) in [5.74, 6) is -0.687. The quantitative estimate of drug-likeness (QED) is 0.362. The molecule has 1 amide bonds. The molecule has 0 saturated heterocycles. The molecule has 1 N–H and O–H groups in total. The van der Waals surface area contributed by atoms with E-state index < -0.39 is 0 Å². The number of carbonyl (C=O) groups is 1. The van der Waals surface area contributed by atoms with Gasteiger partial charge in [-0.25, -0.2) is 14.5 Å². The second kappa shape index (κ2) is 8.71. The van der Waals surface area contributed by atoms with Crippen molar-refractivity contribution >= 4 is 23.7 Å². The van der Waals surface area contributed by atoms with Crippen LogP contribution >= 0.6 is 11.6 Å². The van der Waals surface area contributed by atoms with Crippen LogP contribution in [0.4, 0.5) is 4.39 Å². The van der Waals surface area contributed by atoms with E-state index in [2.05, 4.69) is 15.6 Å². The van der Waals surface area contributed by atoms with E-state index >= 15 is 0 Å². The Morgan fingerprint density at radius 3 is 2.40 bits per heavy atom. The molecule has 0 aliphatic rings. The van der Waals surface area contributed by atoms with Crippen molar-refractivity contribution < 1.29 is 9.18 Å². The maximum atomic E-state index is 13.3. The Hall–Kier alpha value is -3.77. The van der Waals surface area contributed by atoms with Gasteiger partial charge in [-0.1, -0.05) is 29.8 Å². The van der Waals surface area contributed by atoms with Gasteiger partial charge in [0, 0.05) is 27.9 Å². The summed E-state index contributed by atoms with van der Waals surface area (Å²) < 4.78 is 15.1. The molecule has 1 aromatic heterocycles. The minimum absolute atomic E-state index is 0.327. The van der Waals surface area contributed by atoms with Crippen LogP contribution < -0.4 is 5.43 Å². The number of hydrogen-bond donors (Lipinski definition) is 1. The van der Waals surface area contributed by atoms with E-state index in [1.807, 2.05) is 30.3 Å². The number of amides is 1. The summed E-state index contributed by atoms with van der Waals surface area (Å²) in [6.07, 6.45) is 3.31.